The molecule has 0 fully saturated rings. The van der Waals surface area contributed by atoms with Crippen molar-refractivity contribution in [2.45, 2.75) is 4.90 Å². The standard InChI is InChI=1S/C15H11FN2O4S/c16-12-5-9(6-13-11(12)7-14(18-13)15(19)20)8-2-1-3-10(4-8)23(17,21)22/h1-7,18H,(H,19,20)(H2,17,21,22). The first-order chi connectivity index (χ1) is 10.8. The summed E-state index contributed by atoms with van der Waals surface area (Å²) in [5, 5.41) is 14.2. The lowest BCUT2D eigenvalue weighted by atomic mass is 10.0. The Bertz CT molecular complexity index is 1040. The van der Waals surface area contributed by atoms with E-state index >= 15 is 0 Å². The summed E-state index contributed by atoms with van der Waals surface area (Å²) in [6.45, 7) is 0. The summed E-state index contributed by atoms with van der Waals surface area (Å²) < 4.78 is 37.0. The topological polar surface area (TPSA) is 113 Å². The van der Waals surface area contributed by atoms with Crippen LogP contribution in [0.25, 0.3) is 22.0 Å². The quantitative estimate of drug-likeness (QED) is 0.682. The fourth-order valence-corrected chi connectivity index (χ4v) is 2.89. The van der Waals surface area contributed by atoms with Crippen molar-refractivity contribution in [3.63, 3.8) is 0 Å². The number of rotatable bonds is 3. The molecule has 0 unspecified atom stereocenters. The Morgan fingerprint density at radius 2 is 1.87 bits per heavy atom. The molecule has 0 saturated carbocycles. The second-order valence-corrected chi connectivity index (χ2v) is 6.54. The van der Waals surface area contributed by atoms with Crippen LogP contribution >= 0.6 is 0 Å². The predicted octanol–water partition coefficient (Wildman–Crippen LogP) is 2.32. The molecule has 2 aromatic carbocycles. The van der Waals surface area contributed by atoms with E-state index in [2.05, 4.69) is 4.98 Å². The van der Waals surface area contributed by atoms with Gasteiger partial charge in [0.1, 0.15) is 11.5 Å². The Morgan fingerprint density at radius 1 is 1.13 bits per heavy atom. The van der Waals surface area contributed by atoms with Gasteiger partial charge in [-0.25, -0.2) is 22.7 Å². The van der Waals surface area contributed by atoms with Gasteiger partial charge in [0.15, 0.2) is 0 Å². The molecule has 4 N–H and O–H groups in total. The smallest absolute Gasteiger partial charge is 0.352 e. The number of primary sulfonamides is 1. The minimum Gasteiger partial charge on any atom is -0.477 e. The number of aromatic amines is 1. The van der Waals surface area contributed by atoms with Crippen molar-refractivity contribution < 1.29 is 22.7 Å². The van der Waals surface area contributed by atoms with E-state index in [1.54, 1.807) is 12.1 Å². The molecular weight excluding hydrogens is 323 g/mol. The summed E-state index contributed by atoms with van der Waals surface area (Å²) in [5.41, 5.74) is 1.02. The number of fused-ring (bicyclic) bond motifs is 1. The fraction of sp³-hybridized carbons (Fsp3) is 0. The number of H-pyrrole nitrogens is 1. The first kappa shape index (κ1) is 15.2. The number of nitrogens with two attached hydrogens (primary N) is 1. The van der Waals surface area contributed by atoms with Crippen LogP contribution in [0.15, 0.2) is 47.4 Å². The summed E-state index contributed by atoms with van der Waals surface area (Å²) in [6.07, 6.45) is 0. The van der Waals surface area contributed by atoms with Crippen molar-refractivity contribution >= 4 is 26.9 Å². The zero-order chi connectivity index (χ0) is 16.8. The second-order valence-electron chi connectivity index (χ2n) is 4.98. The molecule has 3 rings (SSSR count). The van der Waals surface area contributed by atoms with Gasteiger partial charge in [0.05, 0.1) is 4.90 Å². The molecule has 0 radical (unpaired) electrons. The zero-order valence-corrected chi connectivity index (χ0v) is 12.4. The largest absolute Gasteiger partial charge is 0.477 e. The van der Waals surface area contributed by atoms with Crippen LogP contribution in [0.1, 0.15) is 10.5 Å². The van der Waals surface area contributed by atoms with Crippen LogP contribution in [-0.2, 0) is 10.0 Å². The van der Waals surface area contributed by atoms with Gasteiger partial charge in [0.2, 0.25) is 10.0 Å². The van der Waals surface area contributed by atoms with Crippen molar-refractivity contribution in [3.8, 4) is 11.1 Å². The van der Waals surface area contributed by atoms with E-state index in [0.717, 1.165) is 0 Å². The number of carboxylic acids is 1. The molecule has 6 nitrogen and oxygen atoms in total. The van der Waals surface area contributed by atoms with E-state index in [1.165, 1.54) is 30.3 Å². The highest BCUT2D eigenvalue weighted by Crippen LogP contribution is 2.28. The van der Waals surface area contributed by atoms with Gasteiger partial charge in [-0.1, -0.05) is 12.1 Å². The molecule has 1 heterocycles. The number of nitrogens with one attached hydrogen (secondary N) is 1. The summed E-state index contributed by atoms with van der Waals surface area (Å²) in [4.78, 5) is 13.5. The maximum Gasteiger partial charge on any atom is 0.352 e. The van der Waals surface area contributed by atoms with E-state index in [4.69, 9.17) is 10.2 Å². The molecule has 0 aliphatic rings. The van der Waals surface area contributed by atoms with Crippen molar-refractivity contribution in [1.82, 2.24) is 4.98 Å². The van der Waals surface area contributed by atoms with Gasteiger partial charge in [0.25, 0.3) is 0 Å². The number of sulfonamides is 1. The molecule has 0 aliphatic carbocycles. The summed E-state index contributed by atoms with van der Waals surface area (Å²) >= 11 is 0. The number of hydrogen-bond donors (Lipinski definition) is 3. The van der Waals surface area contributed by atoms with Crippen LogP contribution < -0.4 is 5.14 Å². The van der Waals surface area contributed by atoms with Crippen molar-refractivity contribution in [2.75, 3.05) is 0 Å². The molecule has 1 aromatic heterocycles. The third kappa shape index (κ3) is 2.81. The molecular formula is C15H11FN2O4S. The highest BCUT2D eigenvalue weighted by Gasteiger charge is 2.14. The first-order valence-electron chi connectivity index (χ1n) is 6.44. The third-order valence-electron chi connectivity index (χ3n) is 3.41. The average molecular weight is 334 g/mol. The SMILES string of the molecule is NS(=O)(=O)c1cccc(-c2cc(F)c3cc(C(=O)O)[nH]c3c2)c1. The molecule has 0 bridgehead atoms. The van der Waals surface area contributed by atoms with Crippen molar-refractivity contribution in [3.05, 3.63) is 54.0 Å². The highest BCUT2D eigenvalue weighted by molar-refractivity contribution is 7.89. The van der Waals surface area contributed by atoms with Crippen molar-refractivity contribution in [2.24, 2.45) is 5.14 Å². The molecule has 0 spiro atoms. The molecule has 0 aliphatic heterocycles. The summed E-state index contributed by atoms with van der Waals surface area (Å²) in [7, 11) is -3.87. The molecule has 0 saturated heterocycles. The maximum atomic E-state index is 14.2. The van der Waals surface area contributed by atoms with Crippen LogP contribution in [0, 0.1) is 5.82 Å². The number of carbonyl (C=O) groups is 1. The third-order valence-corrected chi connectivity index (χ3v) is 4.32. The van der Waals surface area contributed by atoms with E-state index in [0.29, 0.717) is 16.6 Å². The molecule has 0 atom stereocenters. The Hall–Kier alpha value is -2.71. The predicted molar refractivity (Wildman–Crippen MR) is 82.0 cm³/mol. The molecule has 0 amide bonds. The monoisotopic (exact) mass is 334 g/mol. The highest BCUT2D eigenvalue weighted by atomic mass is 32.2. The van der Waals surface area contributed by atoms with Gasteiger partial charge in [-0.15, -0.1) is 0 Å². The van der Waals surface area contributed by atoms with Crippen LogP contribution in [0.3, 0.4) is 0 Å². The van der Waals surface area contributed by atoms with Gasteiger partial charge in [0, 0.05) is 10.9 Å². The summed E-state index contributed by atoms with van der Waals surface area (Å²) in [5.74, 6) is -1.80. The molecule has 118 valence electrons. The Kier molecular flexibility index (Phi) is 3.42. The van der Waals surface area contributed by atoms with Crippen LogP contribution in [-0.4, -0.2) is 24.5 Å². The van der Waals surface area contributed by atoms with E-state index in [9.17, 15) is 17.6 Å². The molecule has 23 heavy (non-hydrogen) atoms. The van der Waals surface area contributed by atoms with Gasteiger partial charge in [-0.05, 0) is 41.5 Å². The first-order valence-corrected chi connectivity index (χ1v) is 7.99. The fourth-order valence-electron chi connectivity index (χ4n) is 2.33. The number of halogens is 1. The lowest BCUT2D eigenvalue weighted by Gasteiger charge is -2.05. The zero-order valence-electron chi connectivity index (χ0n) is 11.6. The minimum absolute atomic E-state index is 0.0896. The second kappa shape index (κ2) is 5.18. The van der Waals surface area contributed by atoms with E-state index < -0.39 is 21.8 Å². The Labute approximate surface area is 130 Å². The number of benzene rings is 2. The number of carboxylic acid groups (broad SMARTS) is 1. The van der Waals surface area contributed by atoms with E-state index in [-0.39, 0.29) is 16.0 Å². The van der Waals surface area contributed by atoms with Crippen LogP contribution in [0.5, 0.6) is 0 Å². The van der Waals surface area contributed by atoms with E-state index in [1.807, 2.05) is 0 Å². The number of aromatic nitrogens is 1. The van der Waals surface area contributed by atoms with Gasteiger partial charge in [-0.2, -0.15) is 0 Å². The molecule has 8 heteroatoms. The van der Waals surface area contributed by atoms with Crippen molar-refractivity contribution in [1.29, 1.82) is 0 Å². The van der Waals surface area contributed by atoms with Crippen LogP contribution in [0.2, 0.25) is 0 Å². The van der Waals surface area contributed by atoms with Crippen LogP contribution in [0.4, 0.5) is 4.39 Å². The minimum atomic E-state index is -3.87. The average Bonchev–Trinajstić information content (AvgIpc) is 2.91. The van der Waals surface area contributed by atoms with Gasteiger partial charge < -0.3 is 10.1 Å². The lowest BCUT2D eigenvalue weighted by Crippen LogP contribution is -2.11. The van der Waals surface area contributed by atoms with Gasteiger partial charge >= 0.3 is 5.97 Å². The van der Waals surface area contributed by atoms with Gasteiger partial charge in [-0.3, -0.25) is 0 Å². The molecule has 3 aromatic rings. The normalized spacial score (nSPS) is 11.7. The Balaban J connectivity index is 2.19. The Morgan fingerprint density at radius 3 is 2.52 bits per heavy atom. The summed E-state index contributed by atoms with van der Waals surface area (Å²) in [6, 6.07) is 9.74. The number of aromatic carboxylic acids is 1. The maximum absolute atomic E-state index is 14.2. The number of hydrogen-bond acceptors (Lipinski definition) is 3. The lowest BCUT2D eigenvalue weighted by molar-refractivity contribution is 0.0691.